The first-order valence-electron chi connectivity index (χ1n) is 5.96. The topological polar surface area (TPSA) is 56.5 Å². The number of imidazole rings is 1. The number of hydrogen-bond acceptors (Lipinski definition) is 5. The molecule has 0 spiro atoms. The minimum absolute atomic E-state index is 0.303. The van der Waals surface area contributed by atoms with Gasteiger partial charge in [0.2, 0.25) is 9.97 Å². The van der Waals surface area contributed by atoms with Gasteiger partial charge in [-0.25, -0.2) is 14.3 Å². The first kappa shape index (κ1) is 13.1. The van der Waals surface area contributed by atoms with E-state index in [2.05, 4.69) is 10.1 Å². The van der Waals surface area contributed by atoms with E-state index in [9.17, 15) is 4.79 Å². The lowest BCUT2D eigenvalue weighted by molar-refractivity contribution is 0.0524. The summed E-state index contributed by atoms with van der Waals surface area (Å²) >= 11 is 7.06. The van der Waals surface area contributed by atoms with Crippen molar-refractivity contribution in [2.24, 2.45) is 0 Å². The van der Waals surface area contributed by atoms with Crippen LogP contribution >= 0.6 is 22.9 Å². The second-order valence-corrected chi connectivity index (χ2v) is 5.38. The molecule has 0 N–H and O–H groups in total. The largest absolute Gasteiger partial charge is 0.461 e. The number of fused-ring (bicyclic) bond motifs is 1. The zero-order chi connectivity index (χ0) is 14.1. The molecule has 0 saturated carbocycles. The fourth-order valence-electron chi connectivity index (χ4n) is 1.74. The highest BCUT2D eigenvalue weighted by molar-refractivity contribution is 7.18. The molecule has 0 radical (unpaired) electrons. The van der Waals surface area contributed by atoms with Crippen molar-refractivity contribution in [3.8, 4) is 11.3 Å². The van der Waals surface area contributed by atoms with Crippen LogP contribution in [0.4, 0.5) is 0 Å². The number of aromatic nitrogens is 3. The number of halogens is 1. The Bertz CT molecular complexity index is 732. The summed E-state index contributed by atoms with van der Waals surface area (Å²) in [4.78, 5) is 16.7. The van der Waals surface area contributed by atoms with E-state index in [1.54, 1.807) is 17.6 Å². The molecule has 3 aromatic rings. The van der Waals surface area contributed by atoms with E-state index in [4.69, 9.17) is 16.3 Å². The minimum atomic E-state index is -0.420. The Morgan fingerprint density at radius 1 is 1.40 bits per heavy atom. The van der Waals surface area contributed by atoms with Crippen molar-refractivity contribution in [1.82, 2.24) is 14.6 Å². The Morgan fingerprint density at radius 2 is 2.15 bits per heavy atom. The van der Waals surface area contributed by atoms with E-state index in [-0.39, 0.29) is 0 Å². The van der Waals surface area contributed by atoms with Gasteiger partial charge in [-0.05, 0) is 19.1 Å². The summed E-state index contributed by atoms with van der Waals surface area (Å²) in [6, 6.07) is 7.39. The van der Waals surface area contributed by atoms with Gasteiger partial charge in [-0.1, -0.05) is 35.1 Å². The van der Waals surface area contributed by atoms with Gasteiger partial charge in [0.05, 0.1) is 18.5 Å². The van der Waals surface area contributed by atoms with E-state index in [1.165, 1.54) is 11.3 Å². The molecule has 0 fully saturated rings. The van der Waals surface area contributed by atoms with Crippen LogP contribution in [0.2, 0.25) is 5.02 Å². The monoisotopic (exact) mass is 307 g/mol. The molecule has 1 aromatic carbocycles. The SMILES string of the molecule is CCOC(=O)c1nn2cc(-c3ccc(Cl)cc3)nc2s1. The number of nitrogens with zero attached hydrogens (tertiary/aromatic N) is 3. The highest BCUT2D eigenvalue weighted by Crippen LogP contribution is 2.23. The van der Waals surface area contributed by atoms with Gasteiger partial charge < -0.3 is 4.74 Å². The molecule has 102 valence electrons. The number of hydrogen-bond donors (Lipinski definition) is 0. The van der Waals surface area contributed by atoms with Crippen LogP contribution in [-0.2, 0) is 4.74 Å². The predicted molar refractivity (Wildman–Crippen MR) is 77.3 cm³/mol. The number of carbonyl (C=O) groups is 1. The van der Waals surface area contributed by atoms with Gasteiger partial charge in [-0.15, -0.1) is 5.10 Å². The Kier molecular flexibility index (Phi) is 3.42. The number of rotatable bonds is 3. The molecule has 7 heteroatoms. The fourth-order valence-corrected chi connectivity index (χ4v) is 2.64. The molecule has 0 atom stereocenters. The molecule has 0 unspecified atom stereocenters. The molecule has 0 aliphatic carbocycles. The molecule has 3 rings (SSSR count). The summed E-state index contributed by atoms with van der Waals surface area (Å²) < 4.78 is 6.49. The Hall–Kier alpha value is -1.92. The van der Waals surface area contributed by atoms with Crippen LogP contribution in [0.5, 0.6) is 0 Å². The summed E-state index contributed by atoms with van der Waals surface area (Å²) in [7, 11) is 0. The molecular formula is C13H10ClN3O2S. The van der Waals surface area contributed by atoms with E-state index in [1.807, 2.05) is 24.3 Å². The highest BCUT2D eigenvalue weighted by atomic mass is 35.5. The van der Waals surface area contributed by atoms with E-state index in [0.29, 0.717) is 21.6 Å². The molecule has 2 heterocycles. The van der Waals surface area contributed by atoms with Gasteiger partial charge in [0.25, 0.3) is 0 Å². The average molecular weight is 308 g/mol. The average Bonchev–Trinajstić information content (AvgIpc) is 2.98. The van der Waals surface area contributed by atoms with Gasteiger partial charge in [0.15, 0.2) is 0 Å². The smallest absolute Gasteiger partial charge is 0.369 e. The van der Waals surface area contributed by atoms with E-state index < -0.39 is 5.97 Å². The summed E-state index contributed by atoms with van der Waals surface area (Å²) in [5.41, 5.74) is 1.74. The zero-order valence-corrected chi connectivity index (χ0v) is 12.1. The maximum atomic E-state index is 11.6. The molecule has 2 aromatic heterocycles. The van der Waals surface area contributed by atoms with Gasteiger partial charge in [0.1, 0.15) is 0 Å². The summed E-state index contributed by atoms with van der Waals surface area (Å²) in [5, 5.41) is 5.15. The first-order valence-corrected chi connectivity index (χ1v) is 7.16. The summed E-state index contributed by atoms with van der Waals surface area (Å²) in [5.74, 6) is -0.420. The van der Waals surface area contributed by atoms with Gasteiger partial charge >= 0.3 is 5.97 Å². The van der Waals surface area contributed by atoms with E-state index >= 15 is 0 Å². The molecule has 0 aliphatic heterocycles. The van der Waals surface area contributed by atoms with Crippen molar-refractivity contribution >= 4 is 33.9 Å². The van der Waals surface area contributed by atoms with Crippen LogP contribution < -0.4 is 0 Å². The zero-order valence-electron chi connectivity index (χ0n) is 10.5. The van der Waals surface area contributed by atoms with Gasteiger partial charge in [-0.3, -0.25) is 0 Å². The third-order valence-electron chi connectivity index (χ3n) is 2.63. The number of carbonyl (C=O) groups excluding carboxylic acids is 1. The minimum Gasteiger partial charge on any atom is -0.461 e. The predicted octanol–water partition coefficient (Wildman–Crippen LogP) is 3.29. The third-order valence-corrected chi connectivity index (χ3v) is 3.79. The molecule has 0 bridgehead atoms. The lowest BCUT2D eigenvalue weighted by Gasteiger charge is -1.96. The Balaban J connectivity index is 1.94. The van der Waals surface area contributed by atoms with E-state index in [0.717, 1.165) is 11.3 Å². The van der Waals surface area contributed by atoms with Crippen molar-refractivity contribution in [2.45, 2.75) is 6.92 Å². The molecular weight excluding hydrogens is 298 g/mol. The lowest BCUT2D eigenvalue weighted by Crippen LogP contribution is -2.04. The van der Waals surface area contributed by atoms with Gasteiger partial charge in [0, 0.05) is 10.6 Å². The van der Waals surface area contributed by atoms with Crippen molar-refractivity contribution < 1.29 is 9.53 Å². The Labute approximate surface area is 123 Å². The second-order valence-electron chi connectivity index (χ2n) is 3.99. The van der Waals surface area contributed by atoms with Crippen molar-refractivity contribution in [3.63, 3.8) is 0 Å². The van der Waals surface area contributed by atoms with Crippen LogP contribution in [0, 0.1) is 0 Å². The number of esters is 1. The number of benzene rings is 1. The standard InChI is InChI=1S/C13H10ClN3O2S/c1-2-19-12(18)11-16-17-7-10(15-13(17)20-11)8-3-5-9(14)6-4-8/h3-7H,2H2,1H3. The number of ether oxygens (including phenoxy) is 1. The quantitative estimate of drug-likeness (QED) is 0.697. The highest BCUT2D eigenvalue weighted by Gasteiger charge is 2.15. The van der Waals surface area contributed by atoms with Crippen LogP contribution in [0.15, 0.2) is 30.5 Å². The molecule has 0 saturated heterocycles. The molecule has 0 amide bonds. The molecule has 5 nitrogen and oxygen atoms in total. The van der Waals surface area contributed by atoms with Crippen LogP contribution in [0.1, 0.15) is 16.7 Å². The van der Waals surface area contributed by atoms with Crippen molar-refractivity contribution in [3.05, 3.63) is 40.5 Å². The van der Waals surface area contributed by atoms with Crippen LogP contribution in [0.3, 0.4) is 0 Å². The maximum Gasteiger partial charge on any atom is 0.369 e. The van der Waals surface area contributed by atoms with Gasteiger partial charge in [-0.2, -0.15) is 0 Å². The van der Waals surface area contributed by atoms with Crippen molar-refractivity contribution in [2.75, 3.05) is 6.61 Å². The van der Waals surface area contributed by atoms with Crippen LogP contribution in [0.25, 0.3) is 16.2 Å². The fraction of sp³-hybridized carbons (Fsp3) is 0.154. The van der Waals surface area contributed by atoms with Crippen molar-refractivity contribution in [1.29, 1.82) is 0 Å². The summed E-state index contributed by atoms with van der Waals surface area (Å²) in [6.07, 6.45) is 1.78. The third kappa shape index (κ3) is 2.39. The van der Waals surface area contributed by atoms with Crippen LogP contribution in [-0.4, -0.2) is 27.2 Å². The summed E-state index contributed by atoms with van der Waals surface area (Å²) in [6.45, 7) is 2.09. The lowest BCUT2D eigenvalue weighted by atomic mass is 10.2. The Morgan fingerprint density at radius 3 is 2.80 bits per heavy atom. The first-order chi connectivity index (χ1) is 9.67. The normalized spacial score (nSPS) is 10.9. The molecule has 20 heavy (non-hydrogen) atoms. The second kappa shape index (κ2) is 5.22. The maximum absolute atomic E-state index is 11.6. The molecule has 0 aliphatic rings.